The van der Waals surface area contributed by atoms with E-state index >= 15 is 0 Å². The van der Waals surface area contributed by atoms with Crippen LogP contribution in [-0.2, 0) is 6.54 Å². The molecule has 2 aromatic carbocycles. The third kappa shape index (κ3) is 3.46. The largest absolute Gasteiger partial charge is 0.391 e. The van der Waals surface area contributed by atoms with Gasteiger partial charge in [-0.05, 0) is 31.0 Å². The molecule has 136 valence electrons. The van der Waals surface area contributed by atoms with E-state index in [0.29, 0.717) is 24.4 Å². The molecule has 0 radical (unpaired) electrons. The van der Waals surface area contributed by atoms with Crippen LogP contribution in [0.15, 0.2) is 42.5 Å². The second-order valence-corrected chi connectivity index (χ2v) is 6.56. The summed E-state index contributed by atoms with van der Waals surface area (Å²) >= 11 is 0. The van der Waals surface area contributed by atoms with E-state index in [1.165, 1.54) is 6.07 Å². The van der Waals surface area contributed by atoms with Gasteiger partial charge in [0, 0.05) is 6.07 Å². The number of rotatable bonds is 7. The molecule has 26 heavy (non-hydrogen) atoms. The van der Waals surface area contributed by atoms with Crippen molar-refractivity contribution in [1.29, 1.82) is 0 Å². The molecule has 0 aliphatic rings. The lowest BCUT2D eigenvalue weighted by Gasteiger charge is -2.14. The summed E-state index contributed by atoms with van der Waals surface area (Å²) in [5.41, 5.74) is 3.18. The number of nitro benzene ring substituents is 1. The molecule has 0 saturated heterocycles. The Labute approximate surface area is 152 Å². The topological polar surface area (TPSA) is 81.2 Å². The van der Waals surface area contributed by atoms with Crippen LogP contribution in [0.3, 0.4) is 0 Å². The standard InChI is InChI=1S/C20H23N3O3/c1-3-4-9-15(24)13-22-18-12-7-8-14(2)19(18)21-20(22)16-10-5-6-11-17(16)23(25)26/h5-8,10-12,15,24H,3-4,9,13H2,1-2H3. The van der Waals surface area contributed by atoms with Gasteiger partial charge >= 0.3 is 0 Å². The molecule has 0 aliphatic heterocycles. The van der Waals surface area contributed by atoms with Crippen LogP contribution in [0.25, 0.3) is 22.4 Å². The van der Waals surface area contributed by atoms with E-state index in [1.807, 2.05) is 29.7 Å². The Morgan fingerprint density at radius 3 is 2.73 bits per heavy atom. The Kier molecular flexibility index (Phi) is 5.32. The number of fused-ring (bicyclic) bond motifs is 1. The van der Waals surface area contributed by atoms with Gasteiger partial charge in [-0.3, -0.25) is 10.1 Å². The summed E-state index contributed by atoms with van der Waals surface area (Å²) in [7, 11) is 0. The number of aromatic nitrogens is 2. The third-order valence-electron chi connectivity index (χ3n) is 4.61. The van der Waals surface area contributed by atoms with Gasteiger partial charge in [0.25, 0.3) is 5.69 Å². The predicted octanol–water partition coefficient (Wildman–Crippen LogP) is 4.47. The fourth-order valence-electron chi connectivity index (χ4n) is 3.24. The van der Waals surface area contributed by atoms with Crippen molar-refractivity contribution in [3.05, 3.63) is 58.1 Å². The first-order chi connectivity index (χ1) is 12.5. The van der Waals surface area contributed by atoms with Crippen LogP contribution in [0.1, 0.15) is 31.7 Å². The molecule has 0 bridgehead atoms. The summed E-state index contributed by atoms with van der Waals surface area (Å²) in [4.78, 5) is 15.8. The molecule has 1 N–H and O–H groups in total. The minimum atomic E-state index is -0.519. The van der Waals surface area contributed by atoms with Gasteiger partial charge < -0.3 is 9.67 Å². The van der Waals surface area contributed by atoms with Gasteiger partial charge in [0.15, 0.2) is 0 Å². The van der Waals surface area contributed by atoms with Gasteiger partial charge in [0.05, 0.1) is 34.2 Å². The van der Waals surface area contributed by atoms with Crippen LogP contribution in [0.4, 0.5) is 5.69 Å². The first-order valence-corrected chi connectivity index (χ1v) is 8.90. The zero-order chi connectivity index (χ0) is 18.7. The van der Waals surface area contributed by atoms with E-state index in [-0.39, 0.29) is 10.6 Å². The van der Waals surface area contributed by atoms with Crippen molar-refractivity contribution in [2.45, 2.75) is 45.8 Å². The molecule has 0 saturated carbocycles. The van der Waals surface area contributed by atoms with Gasteiger partial charge in [-0.15, -0.1) is 0 Å². The van der Waals surface area contributed by atoms with Crippen molar-refractivity contribution < 1.29 is 10.0 Å². The minimum absolute atomic E-state index is 0.0183. The molecule has 6 nitrogen and oxygen atoms in total. The molecule has 0 spiro atoms. The van der Waals surface area contributed by atoms with E-state index in [2.05, 4.69) is 6.92 Å². The number of aliphatic hydroxyl groups excluding tert-OH is 1. The number of nitrogens with zero attached hydrogens (tertiary/aromatic N) is 3. The number of hydrogen-bond donors (Lipinski definition) is 1. The Bertz CT molecular complexity index is 933. The number of aryl methyl sites for hydroxylation is 1. The van der Waals surface area contributed by atoms with Crippen LogP contribution in [0, 0.1) is 17.0 Å². The molecule has 0 aliphatic carbocycles. The molecule has 3 rings (SSSR count). The maximum Gasteiger partial charge on any atom is 0.280 e. The fourth-order valence-corrected chi connectivity index (χ4v) is 3.24. The maximum atomic E-state index is 11.5. The summed E-state index contributed by atoms with van der Waals surface area (Å²) in [5, 5.41) is 21.9. The number of nitro groups is 1. The van der Waals surface area contributed by atoms with E-state index in [1.54, 1.807) is 18.2 Å². The number of hydrogen-bond acceptors (Lipinski definition) is 4. The summed E-state index contributed by atoms with van der Waals surface area (Å²) in [6.07, 6.45) is 2.12. The molecule has 1 unspecified atom stereocenters. The van der Waals surface area contributed by atoms with E-state index in [0.717, 1.165) is 29.4 Å². The summed E-state index contributed by atoms with van der Waals surface area (Å²) in [6.45, 7) is 4.42. The highest BCUT2D eigenvalue weighted by molar-refractivity contribution is 5.85. The number of aliphatic hydroxyl groups is 1. The van der Waals surface area contributed by atoms with Crippen molar-refractivity contribution in [2.75, 3.05) is 0 Å². The summed E-state index contributed by atoms with van der Waals surface area (Å²) < 4.78 is 1.91. The lowest BCUT2D eigenvalue weighted by Crippen LogP contribution is -2.16. The quantitative estimate of drug-likeness (QED) is 0.502. The zero-order valence-electron chi connectivity index (χ0n) is 15.1. The predicted molar refractivity (Wildman–Crippen MR) is 102 cm³/mol. The van der Waals surface area contributed by atoms with Crippen LogP contribution >= 0.6 is 0 Å². The lowest BCUT2D eigenvalue weighted by molar-refractivity contribution is -0.384. The van der Waals surface area contributed by atoms with E-state index in [9.17, 15) is 15.2 Å². The Balaban J connectivity index is 2.17. The Morgan fingerprint density at radius 1 is 1.23 bits per heavy atom. The highest BCUT2D eigenvalue weighted by Gasteiger charge is 2.22. The average molecular weight is 353 g/mol. The smallest absolute Gasteiger partial charge is 0.280 e. The molecule has 6 heteroatoms. The molecule has 0 amide bonds. The summed E-state index contributed by atoms with van der Waals surface area (Å²) in [5.74, 6) is 0.525. The molecular weight excluding hydrogens is 330 g/mol. The molecule has 1 aromatic heterocycles. The second-order valence-electron chi connectivity index (χ2n) is 6.56. The fraction of sp³-hybridized carbons (Fsp3) is 0.350. The zero-order valence-corrected chi connectivity index (χ0v) is 15.1. The normalized spacial score (nSPS) is 12.4. The Morgan fingerprint density at radius 2 is 2.00 bits per heavy atom. The molecule has 3 aromatic rings. The van der Waals surface area contributed by atoms with Crippen molar-refractivity contribution in [1.82, 2.24) is 9.55 Å². The first kappa shape index (κ1) is 18.1. The first-order valence-electron chi connectivity index (χ1n) is 8.90. The van der Waals surface area contributed by atoms with Crippen molar-refractivity contribution in [2.24, 2.45) is 0 Å². The molecule has 0 fully saturated rings. The van der Waals surface area contributed by atoms with E-state index in [4.69, 9.17) is 4.98 Å². The molecule has 1 heterocycles. The van der Waals surface area contributed by atoms with E-state index < -0.39 is 6.10 Å². The SMILES string of the molecule is CCCCC(O)Cn1c(-c2ccccc2[N+](=O)[O-])nc2c(C)cccc21. The van der Waals surface area contributed by atoms with Crippen molar-refractivity contribution in [3.63, 3.8) is 0 Å². The van der Waals surface area contributed by atoms with Crippen molar-refractivity contribution >= 4 is 16.7 Å². The molecular formula is C20H23N3O3. The van der Waals surface area contributed by atoms with Crippen LogP contribution < -0.4 is 0 Å². The average Bonchev–Trinajstić information content (AvgIpc) is 2.99. The third-order valence-corrected chi connectivity index (χ3v) is 4.61. The number of para-hydroxylation sites is 2. The van der Waals surface area contributed by atoms with Gasteiger partial charge in [0.2, 0.25) is 0 Å². The minimum Gasteiger partial charge on any atom is -0.391 e. The van der Waals surface area contributed by atoms with Crippen LogP contribution in [-0.4, -0.2) is 25.7 Å². The Hall–Kier alpha value is -2.73. The van der Waals surface area contributed by atoms with Gasteiger partial charge in [-0.2, -0.15) is 0 Å². The second kappa shape index (κ2) is 7.66. The van der Waals surface area contributed by atoms with Crippen LogP contribution in [0.2, 0.25) is 0 Å². The number of unbranched alkanes of at least 4 members (excludes halogenated alkanes) is 1. The molecule has 1 atom stereocenters. The monoisotopic (exact) mass is 353 g/mol. The number of benzene rings is 2. The highest BCUT2D eigenvalue weighted by Crippen LogP contribution is 2.32. The number of imidazole rings is 1. The summed E-state index contributed by atoms with van der Waals surface area (Å²) in [6, 6.07) is 12.5. The highest BCUT2D eigenvalue weighted by atomic mass is 16.6. The van der Waals surface area contributed by atoms with Gasteiger partial charge in [0.1, 0.15) is 5.82 Å². The van der Waals surface area contributed by atoms with Crippen LogP contribution in [0.5, 0.6) is 0 Å². The van der Waals surface area contributed by atoms with Crippen molar-refractivity contribution in [3.8, 4) is 11.4 Å². The van der Waals surface area contributed by atoms with Gasteiger partial charge in [-0.1, -0.05) is 44.0 Å². The maximum absolute atomic E-state index is 11.5. The lowest BCUT2D eigenvalue weighted by atomic mass is 10.1. The van der Waals surface area contributed by atoms with Gasteiger partial charge in [-0.25, -0.2) is 4.98 Å².